The van der Waals surface area contributed by atoms with Crippen LogP contribution in [0.5, 0.6) is 0 Å². The molecule has 0 amide bonds. The minimum atomic E-state index is 0.290. The lowest BCUT2D eigenvalue weighted by atomic mass is 10.3. The molecule has 0 spiro atoms. The maximum Gasteiger partial charge on any atom is 0.0654 e. The van der Waals surface area contributed by atoms with Gasteiger partial charge in [0.25, 0.3) is 0 Å². The first kappa shape index (κ1) is 9.93. The maximum atomic E-state index is 5.36. The SMILES string of the molecule is CC(C)OC/C=C/c1cccnc1. The van der Waals surface area contributed by atoms with E-state index in [1.807, 2.05) is 44.3 Å². The normalized spacial score (nSPS) is 11.3. The molecule has 0 N–H and O–H groups in total. The van der Waals surface area contributed by atoms with Crippen LogP contribution in [0.3, 0.4) is 0 Å². The lowest BCUT2D eigenvalue weighted by molar-refractivity contribution is 0.103. The topological polar surface area (TPSA) is 22.1 Å². The van der Waals surface area contributed by atoms with E-state index in [4.69, 9.17) is 4.74 Å². The van der Waals surface area contributed by atoms with E-state index in [2.05, 4.69) is 4.98 Å². The van der Waals surface area contributed by atoms with Gasteiger partial charge in [-0.1, -0.05) is 18.2 Å². The fraction of sp³-hybridized carbons (Fsp3) is 0.364. The average Bonchev–Trinajstić information content (AvgIpc) is 2.14. The minimum Gasteiger partial charge on any atom is -0.375 e. The Kier molecular flexibility index (Phi) is 4.19. The first-order valence-corrected chi connectivity index (χ1v) is 4.47. The molecule has 1 heterocycles. The molecule has 0 atom stereocenters. The fourth-order valence-corrected chi connectivity index (χ4v) is 0.907. The third-order valence-electron chi connectivity index (χ3n) is 1.52. The Bertz CT molecular complexity index is 254. The number of ether oxygens (including phenoxy) is 1. The van der Waals surface area contributed by atoms with Crippen molar-refractivity contribution in [3.8, 4) is 0 Å². The molecule has 0 unspecified atom stereocenters. The summed E-state index contributed by atoms with van der Waals surface area (Å²) >= 11 is 0. The number of nitrogens with zero attached hydrogens (tertiary/aromatic N) is 1. The molecular formula is C11H15NO. The molecule has 0 aliphatic heterocycles. The lowest BCUT2D eigenvalue weighted by Crippen LogP contribution is -2.01. The van der Waals surface area contributed by atoms with Crippen molar-refractivity contribution in [2.45, 2.75) is 20.0 Å². The smallest absolute Gasteiger partial charge is 0.0654 e. The molecular weight excluding hydrogens is 162 g/mol. The zero-order chi connectivity index (χ0) is 9.52. The Hall–Kier alpha value is -1.15. The van der Waals surface area contributed by atoms with Crippen LogP contribution < -0.4 is 0 Å². The second-order valence-electron chi connectivity index (χ2n) is 3.07. The molecule has 0 saturated carbocycles. The van der Waals surface area contributed by atoms with Gasteiger partial charge >= 0.3 is 0 Å². The molecule has 0 bridgehead atoms. The molecule has 13 heavy (non-hydrogen) atoms. The van der Waals surface area contributed by atoms with Gasteiger partial charge in [-0.25, -0.2) is 0 Å². The van der Waals surface area contributed by atoms with Crippen LogP contribution in [-0.4, -0.2) is 17.7 Å². The lowest BCUT2D eigenvalue weighted by Gasteiger charge is -2.02. The van der Waals surface area contributed by atoms with Gasteiger partial charge < -0.3 is 4.74 Å². The molecule has 2 nitrogen and oxygen atoms in total. The van der Waals surface area contributed by atoms with E-state index in [0.29, 0.717) is 12.7 Å². The van der Waals surface area contributed by atoms with Crippen molar-refractivity contribution in [2.75, 3.05) is 6.61 Å². The summed E-state index contributed by atoms with van der Waals surface area (Å²) in [6, 6.07) is 3.93. The molecule has 1 rings (SSSR count). The van der Waals surface area contributed by atoms with Crippen LogP contribution in [0.1, 0.15) is 19.4 Å². The molecule has 70 valence electrons. The first-order valence-electron chi connectivity index (χ1n) is 4.47. The Labute approximate surface area is 79.3 Å². The third kappa shape index (κ3) is 4.43. The molecule has 0 aliphatic carbocycles. The number of hydrogen-bond acceptors (Lipinski definition) is 2. The van der Waals surface area contributed by atoms with Crippen LogP contribution in [0.25, 0.3) is 6.08 Å². The average molecular weight is 177 g/mol. The first-order chi connectivity index (χ1) is 6.29. The van der Waals surface area contributed by atoms with Crippen molar-refractivity contribution in [3.63, 3.8) is 0 Å². The summed E-state index contributed by atoms with van der Waals surface area (Å²) < 4.78 is 5.36. The monoisotopic (exact) mass is 177 g/mol. The van der Waals surface area contributed by atoms with Gasteiger partial charge in [0.1, 0.15) is 0 Å². The summed E-state index contributed by atoms with van der Waals surface area (Å²) in [6.07, 6.45) is 7.89. The minimum absolute atomic E-state index is 0.290. The summed E-state index contributed by atoms with van der Waals surface area (Å²) in [5, 5.41) is 0. The zero-order valence-corrected chi connectivity index (χ0v) is 8.10. The highest BCUT2D eigenvalue weighted by Gasteiger charge is 1.88. The van der Waals surface area contributed by atoms with E-state index in [1.165, 1.54) is 0 Å². The van der Waals surface area contributed by atoms with Crippen molar-refractivity contribution in [1.82, 2.24) is 4.98 Å². The van der Waals surface area contributed by atoms with Crippen molar-refractivity contribution in [1.29, 1.82) is 0 Å². The molecule has 0 fully saturated rings. The van der Waals surface area contributed by atoms with Gasteiger partial charge in [0.05, 0.1) is 12.7 Å². The van der Waals surface area contributed by atoms with Crippen LogP contribution >= 0.6 is 0 Å². The van der Waals surface area contributed by atoms with E-state index in [9.17, 15) is 0 Å². The second-order valence-corrected chi connectivity index (χ2v) is 3.07. The number of hydrogen-bond donors (Lipinski definition) is 0. The summed E-state index contributed by atoms with van der Waals surface area (Å²) in [5.41, 5.74) is 1.11. The Morgan fingerprint density at radius 1 is 1.54 bits per heavy atom. The molecule has 0 saturated heterocycles. The zero-order valence-electron chi connectivity index (χ0n) is 8.10. The van der Waals surface area contributed by atoms with E-state index in [0.717, 1.165) is 5.56 Å². The van der Waals surface area contributed by atoms with Gasteiger partial charge in [-0.3, -0.25) is 4.98 Å². The van der Waals surface area contributed by atoms with Gasteiger partial charge in [0.2, 0.25) is 0 Å². The van der Waals surface area contributed by atoms with Crippen molar-refractivity contribution >= 4 is 6.08 Å². The van der Waals surface area contributed by atoms with Crippen LogP contribution in [0.15, 0.2) is 30.6 Å². The molecule has 1 aromatic rings. The summed E-state index contributed by atoms with van der Waals surface area (Å²) in [5.74, 6) is 0. The summed E-state index contributed by atoms with van der Waals surface area (Å²) in [4.78, 5) is 4.01. The molecule has 2 heteroatoms. The predicted molar refractivity (Wildman–Crippen MR) is 54.4 cm³/mol. The fourth-order valence-electron chi connectivity index (χ4n) is 0.907. The third-order valence-corrected chi connectivity index (χ3v) is 1.52. The second kappa shape index (κ2) is 5.49. The van der Waals surface area contributed by atoms with Crippen molar-refractivity contribution in [2.24, 2.45) is 0 Å². The number of pyridine rings is 1. The van der Waals surface area contributed by atoms with E-state index >= 15 is 0 Å². The van der Waals surface area contributed by atoms with Gasteiger partial charge in [-0.05, 0) is 25.5 Å². The number of rotatable bonds is 4. The van der Waals surface area contributed by atoms with Crippen LogP contribution in [-0.2, 0) is 4.74 Å². The Morgan fingerprint density at radius 2 is 2.38 bits per heavy atom. The largest absolute Gasteiger partial charge is 0.375 e. The van der Waals surface area contributed by atoms with E-state index in [1.54, 1.807) is 6.20 Å². The summed E-state index contributed by atoms with van der Waals surface area (Å²) in [7, 11) is 0. The predicted octanol–water partition coefficient (Wildman–Crippen LogP) is 2.52. The molecule has 1 aromatic heterocycles. The highest BCUT2D eigenvalue weighted by Crippen LogP contribution is 1.98. The van der Waals surface area contributed by atoms with Gasteiger partial charge in [0.15, 0.2) is 0 Å². The molecule has 0 aromatic carbocycles. The standard InChI is InChI=1S/C11H15NO/c1-10(2)13-8-4-6-11-5-3-7-12-9-11/h3-7,9-10H,8H2,1-2H3/b6-4+. The maximum absolute atomic E-state index is 5.36. The summed E-state index contributed by atoms with van der Waals surface area (Å²) in [6.45, 7) is 4.71. The number of aromatic nitrogens is 1. The van der Waals surface area contributed by atoms with Crippen molar-refractivity contribution < 1.29 is 4.74 Å². The van der Waals surface area contributed by atoms with E-state index < -0.39 is 0 Å². The van der Waals surface area contributed by atoms with Gasteiger partial charge in [-0.2, -0.15) is 0 Å². The highest BCUT2D eigenvalue weighted by molar-refractivity contribution is 5.47. The van der Waals surface area contributed by atoms with Crippen LogP contribution in [0.2, 0.25) is 0 Å². The highest BCUT2D eigenvalue weighted by atomic mass is 16.5. The van der Waals surface area contributed by atoms with Crippen molar-refractivity contribution in [3.05, 3.63) is 36.2 Å². The van der Waals surface area contributed by atoms with Gasteiger partial charge in [-0.15, -0.1) is 0 Å². The van der Waals surface area contributed by atoms with E-state index in [-0.39, 0.29) is 0 Å². The quantitative estimate of drug-likeness (QED) is 0.705. The molecule has 0 radical (unpaired) electrons. The molecule has 0 aliphatic rings. The van der Waals surface area contributed by atoms with Crippen LogP contribution in [0.4, 0.5) is 0 Å². The Morgan fingerprint density at radius 3 is 3.00 bits per heavy atom. The van der Waals surface area contributed by atoms with Gasteiger partial charge in [0, 0.05) is 12.4 Å². The van der Waals surface area contributed by atoms with Crippen LogP contribution in [0, 0.1) is 0 Å². The Balaban J connectivity index is 2.33.